The number of rotatable bonds is 0. The van der Waals surface area contributed by atoms with Crippen molar-refractivity contribution in [3.05, 3.63) is 45.5 Å². The number of nitrogens with zero attached hydrogens (tertiary/aromatic N) is 1. The van der Waals surface area contributed by atoms with E-state index in [9.17, 15) is 22.4 Å². The second-order valence-electron chi connectivity index (χ2n) is 4.02. The Morgan fingerprint density at radius 3 is 2.20 bits per heavy atom. The highest BCUT2D eigenvalue weighted by molar-refractivity contribution is 5.84. The molecule has 0 fully saturated rings. The first-order valence-corrected chi connectivity index (χ1v) is 6.09. The van der Waals surface area contributed by atoms with Crippen molar-refractivity contribution in [2.75, 3.05) is 0 Å². The van der Waals surface area contributed by atoms with Crippen molar-refractivity contribution in [3.8, 4) is 0 Å². The van der Waals surface area contributed by atoms with Gasteiger partial charge in [0.1, 0.15) is 5.82 Å². The van der Waals surface area contributed by atoms with Crippen LogP contribution in [0.15, 0.2) is 23.0 Å². The molecule has 2 aromatic rings. The van der Waals surface area contributed by atoms with Crippen LogP contribution in [0.2, 0.25) is 0 Å². The SMILES string of the molecule is CC.Cc1c(C(F)(F)F)c2cc(F)ccc2n(C)c1=O. The molecular formula is C14H15F4NO. The quantitative estimate of drug-likeness (QED) is 0.671. The van der Waals surface area contributed by atoms with Gasteiger partial charge in [-0.2, -0.15) is 13.2 Å². The Morgan fingerprint density at radius 2 is 1.70 bits per heavy atom. The number of pyridine rings is 1. The first kappa shape index (κ1) is 16.2. The molecule has 6 heteroatoms. The maximum atomic E-state index is 13.1. The van der Waals surface area contributed by atoms with Crippen molar-refractivity contribution in [1.82, 2.24) is 4.57 Å². The second-order valence-corrected chi connectivity index (χ2v) is 4.02. The van der Waals surface area contributed by atoms with Crippen molar-refractivity contribution in [2.45, 2.75) is 26.9 Å². The molecule has 0 radical (unpaired) electrons. The smallest absolute Gasteiger partial charge is 0.311 e. The summed E-state index contributed by atoms with van der Waals surface area (Å²) in [5, 5.41) is -0.304. The monoisotopic (exact) mass is 289 g/mol. The fourth-order valence-corrected chi connectivity index (χ4v) is 2.04. The zero-order valence-electron chi connectivity index (χ0n) is 11.6. The van der Waals surface area contributed by atoms with Gasteiger partial charge in [0.05, 0.1) is 11.1 Å². The third-order valence-corrected chi connectivity index (χ3v) is 2.87. The van der Waals surface area contributed by atoms with Crippen LogP contribution in [0.5, 0.6) is 0 Å². The molecular weight excluding hydrogens is 274 g/mol. The van der Waals surface area contributed by atoms with Crippen molar-refractivity contribution >= 4 is 10.9 Å². The first-order chi connectivity index (χ1) is 9.23. The lowest BCUT2D eigenvalue weighted by Crippen LogP contribution is -2.25. The summed E-state index contributed by atoms with van der Waals surface area (Å²) in [7, 11) is 1.36. The minimum atomic E-state index is -4.69. The molecule has 0 N–H and O–H groups in total. The minimum absolute atomic E-state index is 0.0549. The third-order valence-electron chi connectivity index (χ3n) is 2.87. The number of hydrogen-bond acceptors (Lipinski definition) is 1. The average Bonchev–Trinajstić information content (AvgIpc) is 2.37. The lowest BCUT2D eigenvalue weighted by molar-refractivity contribution is -0.136. The molecule has 2 rings (SSSR count). The van der Waals surface area contributed by atoms with Gasteiger partial charge in [0, 0.05) is 18.0 Å². The molecule has 1 aromatic carbocycles. The highest BCUT2D eigenvalue weighted by atomic mass is 19.4. The van der Waals surface area contributed by atoms with E-state index in [0.29, 0.717) is 0 Å². The van der Waals surface area contributed by atoms with Gasteiger partial charge in [-0.15, -0.1) is 0 Å². The predicted molar refractivity (Wildman–Crippen MR) is 70.2 cm³/mol. The largest absolute Gasteiger partial charge is 0.417 e. The lowest BCUT2D eigenvalue weighted by atomic mass is 10.0. The molecule has 0 aliphatic carbocycles. The van der Waals surface area contributed by atoms with E-state index < -0.39 is 28.7 Å². The Kier molecular flexibility index (Phi) is 4.57. The van der Waals surface area contributed by atoms with E-state index in [1.54, 1.807) is 0 Å². The molecule has 20 heavy (non-hydrogen) atoms. The van der Waals surface area contributed by atoms with E-state index in [4.69, 9.17) is 0 Å². The van der Waals surface area contributed by atoms with Gasteiger partial charge in [-0.05, 0) is 25.1 Å². The predicted octanol–water partition coefficient (Wildman–Crippen LogP) is 4.03. The molecule has 110 valence electrons. The zero-order chi connectivity index (χ0) is 15.7. The maximum absolute atomic E-state index is 13.1. The van der Waals surface area contributed by atoms with Gasteiger partial charge >= 0.3 is 6.18 Å². The Morgan fingerprint density at radius 1 is 1.15 bits per heavy atom. The van der Waals surface area contributed by atoms with Crippen LogP contribution in [0.1, 0.15) is 25.0 Å². The minimum Gasteiger partial charge on any atom is -0.311 e. The van der Waals surface area contributed by atoms with E-state index in [1.165, 1.54) is 13.1 Å². The van der Waals surface area contributed by atoms with Gasteiger partial charge < -0.3 is 4.57 Å². The van der Waals surface area contributed by atoms with E-state index in [0.717, 1.165) is 23.6 Å². The van der Waals surface area contributed by atoms with Gasteiger partial charge in [-0.1, -0.05) is 13.8 Å². The van der Waals surface area contributed by atoms with Crippen molar-refractivity contribution < 1.29 is 17.6 Å². The third kappa shape index (κ3) is 2.69. The molecule has 0 saturated carbocycles. The summed E-state index contributed by atoms with van der Waals surface area (Å²) in [6, 6.07) is 2.99. The lowest BCUT2D eigenvalue weighted by Gasteiger charge is -2.15. The van der Waals surface area contributed by atoms with Crippen LogP contribution in [0.4, 0.5) is 17.6 Å². The molecule has 0 aliphatic heterocycles. The Bertz CT molecular complexity index is 686. The number of aryl methyl sites for hydroxylation is 1. The molecule has 2 nitrogen and oxygen atoms in total. The molecule has 1 heterocycles. The summed E-state index contributed by atoms with van der Waals surface area (Å²) < 4.78 is 53.1. The highest BCUT2D eigenvalue weighted by Crippen LogP contribution is 2.35. The maximum Gasteiger partial charge on any atom is 0.417 e. The zero-order valence-corrected chi connectivity index (χ0v) is 11.6. The van der Waals surface area contributed by atoms with Crippen LogP contribution in [0.3, 0.4) is 0 Å². The van der Waals surface area contributed by atoms with Gasteiger partial charge in [-0.25, -0.2) is 4.39 Å². The summed E-state index contributed by atoms with van der Waals surface area (Å²) >= 11 is 0. The number of aromatic nitrogens is 1. The summed E-state index contributed by atoms with van der Waals surface area (Å²) in [6.45, 7) is 5.09. The van der Waals surface area contributed by atoms with Crippen molar-refractivity contribution in [2.24, 2.45) is 7.05 Å². The van der Waals surface area contributed by atoms with Crippen LogP contribution in [0.25, 0.3) is 10.9 Å². The molecule has 0 bridgehead atoms. The van der Waals surface area contributed by atoms with Gasteiger partial charge in [-0.3, -0.25) is 4.79 Å². The highest BCUT2D eigenvalue weighted by Gasteiger charge is 2.36. The Labute approximate surface area is 113 Å². The number of halogens is 4. The Hall–Kier alpha value is -1.85. The first-order valence-electron chi connectivity index (χ1n) is 6.09. The average molecular weight is 289 g/mol. The van der Waals surface area contributed by atoms with Crippen LogP contribution in [0, 0.1) is 12.7 Å². The molecule has 0 unspecified atom stereocenters. The van der Waals surface area contributed by atoms with E-state index in [1.807, 2.05) is 13.8 Å². The summed E-state index contributed by atoms with van der Waals surface area (Å²) in [5.41, 5.74) is -2.18. The number of fused-ring (bicyclic) bond motifs is 1. The topological polar surface area (TPSA) is 22.0 Å². The number of hydrogen-bond donors (Lipinski definition) is 0. The fraction of sp³-hybridized carbons (Fsp3) is 0.357. The Balaban J connectivity index is 0.000000956. The molecule has 0 amide bonds. The summed E-state index contributed by atoms with van der Waals surface area (Å²) in [5.74, 6) is -0.772. The molecule has 0 atom stereocenters. The van der Waals surface area contributed by atoms with E-state index >= 15 is 0 Å². The summed E-state index contributed by atoms with van der Waals surface area (Å²) in [6.07, 6.45) is -4.69. The van der Waals surface area contributed by atoms with Gasteiger partial charge in [0.15, 0.2) is 0 Å². The van der Waals surface area contributed by atoms with Gasteiger partial charge in [0.2, 0.25) is 0 Å². The van der Waals surface area contributed by atoms with Gasteiger partial charge in [0.25, 0.3) is 5.56 Å². The van der Waals surface area contributed by atoms with Crippen molar-refractivity contribution in [1.29, 1.82) is 0 Å². The number of benzene rings is 1. The van der Waals surface area contributed by atoms with Crippen LogP contribution >= 0.6 is 0 Å². The molecule has 0 aliphatic rings. The van der Waals surface area contributed by atoms with Crippen LogP contribution in [-0.4, -0.2) is 4.57 Å². The number of alkyl halides is 3. The second kappa shape index (κ2) is 5.64. The fourth-order valence-electron chi connectivity index (χ4n) is 2.04. The van der Waals surface area contributed by atoms with Crippen LogP contribution in [-0.2, 0) is 13.2 Å². The molecule has 1 aromatic heterocycles. The van der Waals surface area contributed by atoms with E-state index in [-0.39, 0.29) is 10.9 Å². The summed E-state index contributed by atoms with van der Waals surface area (Å²) in [4.78, 5) is 11.7. The standard InChI is InChI=1S/C12H9F4NO.C2H6/c1-6-10(12(14,15)16)8-5-7(13)3-4-9(8)17(2)11(6)18;1-2/h3-5H,1-2H3;1-2H3. The van der Waals surface area contributed by atoms with Crippen molar-refractivity contribution in [3.63, 3.8) is 0 Å². The molecule has 0 saturated heterocycles. The normalized spacial score (nSPS) is 11.2. The van der Waals surface area contributed by atoms with Crippen LogP contribution < -0.4 is 5.56 Å². The molecule has 0 spiro atoms. The van der Waals surface area contributed by atoms with E-state index in [2.05, 4.69) is 0 Å².